The molecule has 0 saturated carbocycles. The van der Waals surface area contributed by atoms with Gasteiger partial charge in [0, 0.05) is 23.4 Å². The van der Waals surface area contributed by atoms with Gasteiger partial charge in [-0.25, -0.2) is 4.79 Å². The Morgan fingerprint density at radius 2 is 1.80 bits per heavy atom. The Labute approximate surface area is 180 Å². The van der Waals surface area contributed by atoms with Crippen molar-refractivity contribution in [1.82, 2.24) is 0 Å². The molecule has 4 rings (SSSR count). The smallest absolute Gasteiger partial charge is 0.340 e. The van der Waals surface area contributed by atoms with Gasteiger partial charge in [0.15, 0.2) is 5.78 Å². The van der Waals surface area contributed by atoms with E-state index in [1.54, 1.807) is 31.2 Å². The van der Waals surface area contributed by atoms with E-state index in [0.29, 0.717) is 29.2 Å². The van der Waals surface area contributed by atoms with E-state index in [1.165, 1.54) is 0 Å². The summed E-state index contributed by atoms with van der Waals surface area (Å²) in [6.45, 7) is 1.91. The van der Waals surface area contributed by atoms with Crippen molar-refractivity contribution in [2.75, 3.05) is 6.61 Å². The Kier molecular flexibility index (Phi) is 5.64. The molecule has 0 spiro atoms. The quantitative estimate of drug-likeness (QED) is 0.728. The number of benzene rings is 2. The van der Waals surface area contributed by atoms with E-state index in [0.717, 1.165) is 11.1 Å². The standard InChI is InChI=1S/C24H22ClNO4/c1-2-29-24(28)22-20(15-8-10-17(25)11-9-15)21-18(27)12-16(13-19(21)30-23(22)26)14-6-4-3-5-7-14/h3-11,16,20H,2,12-13,26H2,1H3/t16-,20+/m1/s1. The number of Topliss-reactive ketones (excluding diaryl/α,β-unsaturated/α-hetero) is 1. The van der Waals surface area contributed by atoms with Crippen LogP contribution in [0.2, 0.25) is 5.02 Å². The normalized spacial score (nSPS) is 21.2. The van der Waals surface area contributed by atoms with Crippen LogP contribution in [0.1, 0.15) is 42.7 Å². The number of nitrogens with two attached hydrogens (primary N) is 1. The van der Waals surface area contributed by atoms with Crippen LogP contribution in [0.4, 0.5) is 0 Å². The van der Waals surface area contributed by atoms with E-state index in [1.807, 2.05) is 30.3 Å². The van der Waals surface area contributed by atoms with Gasteiger partial charge in [-0.3, -0.25) is 4.79 Å². The molecule has 2 atom stereocenters. The summed E-state index contributed by atoms with van der Waals surface area (Å²) in [5.41, 5.74) is 8.64. The molecule has 2 aliphatic rings. The Balaban J connectivity index is 1.80. The second kappa shape index (κ2) is 8.36. The number of rotatable bonds is 4. The van der Waals surface area contributed by atoms with Crippen molar-refractivity contribution in [3.8, 4) is 0 Å². The monoisotopic (exact) mass is 423 g/mol. The first-order valence-electron chi connectivity index (χ1n) is 9.90. The molecular formula is C24H22ClNO4. The minimum absolute atomic E-state index is 0.000242. The van der Waals surface area contributed by atoms with Crippen LogP contribution in [0.3, 0.4) is 0 Å². The van der Waals surface area contributed by atoms with Crippen LogP contribution < -0.4 is 5.73 Å². The van der Waals surface area contributed by atoms with Crippen LogP contribution in [0, 0.1) is 0 Å². The van der Waals surface area contributed by atoms with E-state index in [4.69, 9.17) is 26.8 Å². The van der Waals surface area contributed by atoms with Gasteiger partial charge in [-0.1, -0.05) is 54.1 Å². The van der Waals surface area contributed by atoms with Crippen molar-refractivity contribution in [1.29, 1.82) is 0 Å². The summed E-state index contributed by atoms with van der Waals surface area (Å²) >= 11 is 6.05. The lowest BCUT2D eigenvalue weighted by molar-refractivity contribution is -0.139. The number of halogens is 1. The molecule has 2 N–H and O–H groups in total. The highest BCUT2D eigenvalue weighted by Gasteiger charge is 2.43. The highest BCUT2D eigenvalue weighted by Crippen LogP contribution is 2.47. The van der Waals surface area contributed by atoms with Gasteiger partial charge in [-0.05, 0) is 36.1 Å². The molecule has 0 unspecified atom stereocenters. The number of esters is 1. The maximum atomic E-state index is 13.3. The Bertz CT molecular complexity index is 1040. The SMILES string of the molecule is CCOC(=O)C1=C(N)OC2=C(C(=O)C[C@@H](c3ccccc3)C2)[C@@H]1c1ccc(Cl)cc1. The number of hydrogen-bond donors (Lipinski definition) is 1. The summed E-state index contributed by atoms with van der Waals surface area (Å²) in [6, 6.07) is 16.9. The molecule has 0 radical (unpaired) electrons. The second-order valence-electron chi connectivity index (χ2n) is 7.36. The van der Waals surface area contributed by atoms with Gasteiger partial charge in [0.1, 0.15) is 11.3 Å². The fraction of sp³-hybridized carbons (Fsp3) is 0.250. The number of carbonyl (C=O) groups is 2. The molecule has 6 heteroatoms. The van der Waals surface area contributed by atoms with Gasteiger partial charge in [0.05, 0.1) is 12.5 Å². The molecule has 0 amide bonds. The van der Waals surface area contributed by atoms with Crippen molar-refractivity contribution >= 4 is 23.4 Å². The van der Waals surface area contributed by atoms with Crippen LogP contribution in [-0.4, -0.2) is 18.4 Å². The number of ketones is 1. The number of allylic oxidation sites excluding steroid dienone is 2. The maximum Gasteiger partial charge on any atom is 0.340 e. The zero-order valence-corrected chi connectivity index (χ0v) is 17.3. The summed E-state index contributed by atoms with van der Waals surface area (Å²) in [5.74, 6) is -0.785. The number of hydrogen-bond acceptors (Lipinski definition) is 5. The third-order valence-electron chi connectivity index (χ3n) is 5.51. The summed E-state index contributed by atoms with van der Waals surface area (Å²) in [6.07, 6.45) is 0.873. The van der Waals surface area contributed by atoms with E-state index in [2.05, 4.69) is 0 Å². The number of carbonyl (C=O) groups excluding carboxylic acids is 2. The molecule has 0 aromatic heterocycles. The van der Waals surface area contributed by atoms with Gasteiger partial charge in [-0.15, -0.1) is 0 Å². The molecule has 154 valence electrons. The molecular weight excluding hydrogens is 402 g/mol. The van der Waals surface area contributed by atoms with Gasteiger partial charge in [0.2, 0.25) is 5.88 Å². The molecule has 2 aromatic carbocycles. The van der Waals surface area contributed by atoms with Crippen molar-refractivity contribution in [3.63, 3.8) is 0 Å². The largest absolute Gasteiger partial charge is 0.462 e. The lowest BCUT2D eigenvalue weighted by Crippen LogP contribution is -2.33. The first-order chi connectivity index (χ1) is 14.5. The van der Waals surface area contributed by atoms with E-state index >= 15 is 0 Å². The maximum absolute atomic E-state index is 13.3. The van der Waals surface area contributed by atoms with E-state index in [9.17, 15) is 9.59 Å². The minimum Gasteiger partial charge on any atom is -0.462 e. The zero-order chi connectivity index (χ0) is 21.3. The lowest BCUT2D eigenvalue weighted by atomic mass is 9.73. The molecule has 5 nitrogen and oxygen atoms in total. The second-order valence-corrected chi connectivity index (χ2v) is 7.80. The van der Waals surface area contributed by atoms with Gasteiger partial charge in [0.25, 0.3) is 0 Å². The van der Waals surface area contributed by atoms with Crippen LogP contribution in [0.15, 0.2) is 77.4 Å². The van der Waals surface area contributed by atoms with Crippen LogP contribution in [0.25, 0.3) is 0 Å². The molecule has 1 aliphatic carbocycles. The molecule has 0 bridgehead atoms. The Hall–Kier alpha value is -3.05. The van der Waals surface area contributed by atoms with Crippen molar-refractivity contribution in [3.05, 3.63) is 93.5 Å². The highest BCUT2D eigenvalue weighted by molar-refractivity contribution is 6.30. The van der Waals surface area contributed by atoms with Crippen molar-refractivity contribution in [2.24, 2.45) is 5.73 Å². The molecule has 2 aromatic rings. The predicted octanol–water partition coefficient (Wildman–Crippen LogP) is 4.59. The Morgan fingerprint density at radius 1 is 1.10 bits per heavy atom. The summed E-state index contributed by atoms with van der Waals surface area (Å²) in [5, 5.41) is 0.564. The fourth-order valence-electron chi connectivity index (χ4n) is 4.16. The topological polar surface area (TPSA) is 78.6 Å². The highest BCUT2D eigenvalue weighted by atomic mass is 35.5. The third kappa shape index (κ3) is 3.73. The molecule has 1 heterocycles. The zero-order valence-electron chi connectivity index (χ0n) is 16.6. The molecule has 0 saturated heterocycles. The minimum atomic E-state index is -0.644. The average molecular weight is 424 g/mol. The van der Waals surface area contributed by atoms with Gasteiger partial charge < -0.3 is 15.2 Å². The Morgan fingerprint density at radius 3 is 2.47 bits per heavy atom. The summed E-state index contributed by atoms with van der Waals surface area (Å²) in [7, 11) is 0. The van der Waals surface area contributed by atoms with Crippen molar-refractivity contribution in [2.45, 2.75) is 31.6 Å². The van der Waals surface area contributed by atoms with E-state index < -0.39 is 11.9 Å². The van der Waals surface area contributed by atoms with Gasteiger partial charge >= 0.3 is 5.97 Å². The molecule has 30 heavy (non-hydrogen) atoms. The van der Waals surface area contributed by atoms with Gasteiger partial charge in [-0.2, -0.15) is 0 Å². The lowest BCUT2D eigenvalue weighted by Gasteiger charge is -2.35. The average Bonchev–Trinajstić information content (AvgIpc) is 2.74. The van der Waals surface area contributed by atoms with Crippen LogP contribution >= 0.6 is 11.6 Å². The van der Waals surface area contributed by atoms with E-state index in [-0.39, 0.29) is 29.8 Å². The fourth-order valence-corrected chi connectivity index (χ4v) is 4.29. The first-order valence-corrected chi connectivity index (χ1v) is 10.3. The van der Waals surface area contributed by atoms with Crippen LogP contribution in [0.5, 0.6) is 0 Å². The van der Waals surface area contributed by atoms with Crippen molar-refractivity contribution < 1.29 is 19.1 Å². The predicted molar refractivity (Wildman–Crippen MR) is 114 cm³/mol. The molecule has 0 fully saturated rings. The first kappa shape index (κ1) is 20.2. The summed E-state index contributed by atoms with van der Waals surface area (Å²) in [4.78, 5) is 26.0. The van der Waals surface area contributed by atoms with Crippen LogP contribution in [-0.2, 0) is 19.1 Å². The summed E-state index contributed by atoms with van der Waals surface area (Å²) < 4.78 is 11.1. The number of ether oxygens (including phenoxy) is 2. The molecule has 1 aliphatic heterocycles. The third-order valence-corrected chi connectivity index (χ3v) is 5.76.